The quantitative estimate of drug-likeness (QED) is 0.154. The van der Waals surface area contributed by atoms with Gasteiger partial charge in [-0.3, -0.25) is 19.9 Å². The van der Waals surface area contributed by atoms with E-state index >= 15 is 0 Å². The number of nitrogens with zero attached hydrogens (tertiary/aromatic N) is 6. The lowest BCUT2D eigenvalue weighted by molar-refractivity contribution is 0.858. The summed E-state index contributed by atoms with van der Waals surface area (Å²) in [5, 5.41) is 9.04. The largest absolute Gasteiger partial charge is 0.256 e. The fraction of sp³-hybridized carbons (Fsp3) is 0.277. The lowest BCUT2D eigenvalue weighted by Crippen LogP contribution is -2.00. The van der Waals surface area contributed by atoms with Crippen molar-refractivity contribution in [3.05, 3.63) is 268 Å². The molecular formula is C83H90N6. The average molecular weight is 1170 g/mol. The molecule has 0 spiro atoms. The van der Waals surface area contributed by atoms with E-state index in [1.807, 2.05) is 48.8 Å². The van der Waals surface area contributed by atoms with Crippen molar-refractivity contribution in [1.29, 1.82) is 0 Å². The second kappa shape index (κ2) is 29.3. The van der Waals surface area contributed by atoms with Crippen LogP contribution in [0, 0.1) is 27.7 Å². The minimum atomic E-state index is 0.507. The molecule has 6 aromatic heterocycles. The SMILES string of the molecule is CC(C)c1c2c(nc3ccccc13)C=CC2.CC(C)c1c2ccccc2nc2ccccc12.CC(C)c1ccnc2ccccc12.Cc1cc(C(C)C)c2ccccc2n1.Cc1cnc2ccccc2c1C(C)C.Cc1nc2ccccc2c(C(C)C)c1C. The predicted octanol–water partition coefficient (Wildman–Crippen LogP) is 23.1. The van der Waals surface area contributed by atoms with Gasteiger partial charge in [0, 0.05) is 61.5 Å². The van der Waals surface area contributed by atoms with E-state index in [-0.39, 0.29) is 0 Å². The Morgan fingerprint density at radius 3 is 1.19 bits per heavy atom. The summed E-state index contributed by atoms with van der Waals surface area (Å²) in [5.74, 6) is 3.29. The Morgan fingerprint density at radius 2 is 0.708 bits per heavy atom. The van der Waals surface area contributed by atoms with Crippen molar-refractivity contribution in [2.45, 2.75) is 153 Å². The zero-order chi connectivity index (χ0) is 63.5. The molecular weight excluding hydrogens is 1080 g/mol. The number of rotatable bonds is 6. The number of allylic oxidation sites excluding steroid dienone is 1. The Hall–Kier alpha value is -9.00. The lowest BCUT2D eigenvalue weighted by Gasteiger charge is -2.15. The van der Waals surface area contributed by atoms with Crippen molar-refractivity contribution in [2.75, 3.05) is 0 Å². The van der Waals surface area contributed by atoms with Crippen molar-refractivity contribution < 1.29 is 0 Å². The van der Waals surface area contributed by atoms with Crippen molar-refractivity contribution >= 4 is 82.4 Å². The summed E-state index contributed by atoms with van der Waals surface area (Å²) >= 11 is 0. The first-order chi connectivity index (χ1) is 42.8. The summed E-state index contributed by atoms with van der Waals surface area (Å²) in [7, 11) is 0. The van der Waals surface area contributed by atoms with E-state index in [0.29, 0.717) is 35.5 Å². The third-order valence-corrected chi connectivity index (χ3v) is 16.9. The summed E-state index contributed by atoms with van der Waals surface area (Å²) < 4.78 is 0. The molecule has 0 N–H and O–H groups in total. The second-order valence-corrected chi connectivity index (χ2v) is 25.4. The topological polar surface area (TPSA) is 77.3 Å². The zero-order valence-electron chi connectivity index (χ0n) is 55.5. The van der Waals surface area contributed by atoms with Crippen LogP contribution < -0.4 is 0 Å². The van der Waals surface area contributed by atoms with Gasteiger partial charge in [-0.2, -0.15) is 0 Å². The molecule has 0 atom stereocenters. The molecule has 0 amide bonds. The Morgan fingerprint density at radius 1 is 0.326 bits per heavy atom. The summed E-state index contributed by atoms with van der Waals surface area (Å²) in [5.41, 5.74) is 23.7. The van der Waals surface area contributed by atoms with Crippen molar-refractivity contribution in [2.24, 2.45) is 0 Å². The molecule has 0 unspecified atom stereocenters. The number of aromatic nitrogens is 6. The summed E-state index contributed by atoms with van der Waals surface area (Å²) in [6, 6.07) is 62.9. The standard InChI is InChI=1S/C16H15N.C15H15N.C14H17N.2C13H15N.C12H13N/c1-11(2)16-12-7-3-5-9-14(12)17-15-10-6-4-8-13(15)16;1-10(2)15-11-6-3-4-8-13(11)16-14-9-5-7-12(14)15;1-9(2)14-10(3)11(4)15-13-8-6-5-7-12(13)14;1-9(2)12-8-10(3)14-13-7-5-4-6-11(12)13;1-9(2)13-10(3)8-14-12-7-5-4-6-11(12)13;1-9(2)10-7-8-13-12-6-4-3-5-11(10)12/h3-11H,1-2H3;3-6,8-10H,7H2,1-2H3;5-9H,1-4H3;2*4-9H,1-3H3;3-9H,1-2H3. The van der Waals surface area contributed by atoms with Gasteiger partial charge in [0.05, 0.1) is 44.3 Å². The molecule has 89 heavy (non-hydrogen) atoms. The molecule has 13 aromatic rings. The Labute approximate surface area is 529 Å². The number of fused-ring (bicyclic) bond motifs is 8. The summed E-state index contributed by atoms with van der Waals surface area (Å²) in [6.07, 6.45) is 9.26. The van der Waals surface area contributed by atoms with Gasteiger partial charge in [-0.05, 0) is 180 Å². The number of aryl methyl sites for hydroxylation is 3. The van der Waals surface area contributed by atoms with Gasteiger partial charge in [-0.25, -0.2) is 9.97 Å². The highest BCUT2D eigenvalue weighted by Crippen LogP contribution is 2.35. The molecule has 0 saturated heterocycles. The highest BCUT2D eigenvalue weighted by Gasteiger charge is 2.18. The van der Waals surface area contributed by atoms with Gasteiger partial charge >= 0.3 is 0 Å². The number of para-hydroxylation sites is 7. The molecule has 0 radical (unpaired) electrons. The van der Waals surface area contributed by atoms with E-state index in [9.17, 15) is 0 Å². The van der Waals surface area contributed by atoms with Crippen LogP contribution in [0.15, 0.2) is 200 Å². The van der Waals surface area contributed by atoms with E-state index in [4.69, 9.17) is 9.97 Å². The first kappa shape index (κ1) is 64.5. The van der Waals surface area contributed by atoms with E-state index in [1.54, 1.807) is 0 Å². The van der Waals surface area contributed by atoms with Crippen LogP contribution in [0.25, 0.3) is 82.4 Å². The van der Waals surface area contributed by atoms with Crippen molar-refractivity contribution in [3.63, 3.8) is 0 Å². The number of hydrogen-bond donors (Lipinski definition) is 0. The van der Waals surface area contributed by atoms with Crippen LogP contribution in [0.4, 0.5) is 0 Å². The Kier molecular flexibility index (Phi) is 21.3. The maximum absolute atomic E-state index is 4.72. The van der Waals surface area contributed by atoms with Crippen LogP contribution in [0.5, 0.6) is 0 Å². The van der Waals surface area contributed by atoms with Crippen LogP contribution in [-0.4, -0.2) is 29.9 Å². The maximum atomic E-state index is 4.72. The lowest BCUT2D eigenvalue weighted by atomic mass is 9.92. The summed E-state index contributed by atoms with van der Waals surface area (Å²) in [6.45, 7) is 35.3. The molecule has 14 rings (SSSR count). The molecule has 6 nitrogen and oxygen atoms in total. The normalized spacial score (nSPS) is 11.7. The van der Waals surface area contributed by atoms with E-state index < -0.39 is 0 Å². The van der Waals surface area contributed by atoms with E-state index in [0.717, 1.165) is 56.4 Å². The molecule has 0 bridgehead atoms. The first-order valence-electron chi connectivity index (χ1n) is 32.1. The molecule has 0 aliphatic heterocycles. The van der Waals surface area contributed by atoms with E-state index in [1.165, 1.54) is 93.5 Å². The fourth-order valence-electron chi connectivity index (χ4n) is 12.8. The van der Waals surface area contributed by atoms with Crippen LogP contribution in [0.1, 0.15) is 186 Å². The third kappa shape index (κ3) is 15.0. The zero-order valence-corrected chi connectivity index (χ0v) is 55.5. The van der Waals surface area contributed by atoms with Gasteiger partial charge in [-0.1, -0.05) is 217 Å². The number of hydrogen-bond acceptors (Lipinski definition) is 6. The Balaban J connectivity index is 0.000000127. The molecule has 0 fully saturated rings. The van der Waals surface area contributed by atoms with Gasteiger partial charge in [0.15, 0.2) is 0 Å². The fourth-order valence-corrected chi connectivity index (χ4v) is 12.8. The number of pyridine rings is 6. The molecule has 1 aliphatic carbocycles. The van der Waals surface area contributed by atoms with Gasteiger partial charge in [0.2, 0.25) is 0 Å². The number of benzene rings is 7. The Bertz CT molecular complexity index is 4550. The predicted molar refractivity (Wildman–Crippen MR) is 384 cm³/mol. The van der Waals surface area contributed by atoms with Gasteiger partial charge in [-0.15, -0.1) is 0 Å². The minimum absolute atomic E-state index is 0.507. The van der Waals surface area contributed by atoms with Crippen LogP contribution in [-0.2, 0) is 6.42 Å². The van der Waals surface area contributed by atoms with Crippen LogP contribution in [0.2, 0.25) is 0 Å². The molecule has 7 aromatic carbocycles. The monoisotopic (exact) mass is 1170 g/mol. The molecule has 452 valence electrons. The van der Waals surface area contributed by atoms with Crippen LogP contribution in [0.3, 0.4) is 0 Å². The van der Waals surface area contributed by atoms with Gasteiger partial charge in [0.1, 0.15) is 0 Å². The maximum Gasteiger partial charge on any atom is 0.0712 e. The highest BCUT2D eigenvalue weighted by molar-refractivity contribution is 5.98. The second-order valence-electron chi connectivity index (χ2n) is 25.4. The first-order valence-corrected chi connectivity index (χ1v) is 32.1. The summed E-state index contributed by atoms with van der Waals surface area (Å²) in [4.78, 5) is 27.3. The smallest absolute Gasteiger partial charge is 0.0712 e. The third-order valence-electron chi connectivity index (χ3n) is 16.9. The van der Waals surface area contributed by atoms with Crippen molar-refractivity contribution in [3.8, 4) is 0 Å². The van der Waals surface area contributed by atoms with Crippen molar-refractivity contribution in [1.82, 2.24) is 29.9 Å². The minimum Gasteiger partial charge on any atom is -0.256 e. The molecule has 6 heteroatoms. The molecule has 6 heterocycles. The van der Waals surface area contributed by atoms with Gasteiger partial charge < -0.3 is 0 Å². The van der Waals surface area contributed by atoms with Gasteiger partial charge in [0.25, 0.3) is 0 Å². The molecule has 1 aliphatic rings. The highest BCUT2D eigenvalue weighted by atomic mass is 14.7. The van der Waals surface area contributed by atoms with E-state index in [2.05, 4.69) is 288 Å². The van der Waals surface area contributed by atoms with Crippen LogP contribution >= 0.6 is 0 Å². The average Bonchev–Trinajstić information content (AvgIpc) is 1.96. The molecule has 0 saturated carbocycles.